The third-order valence-corrected chi connectivity index (χ3v) is 3.64. The molecule has 1 unspecified atom stereocenters. The highest BCUT2D eigenvalue weighted by atomic mass is 16.5. The van der Waals surface area contributed by atoms with Crippen LogP contribution in [0.5, 0.6) is 0 Å². The highest BCUT2D eigenvalue weighted by Crippen LogP contribution is 2.60. The van der Waals surface area contributed by atoms with Gasteiger partial charge in [-0.1, -0.05) is 6.92 Å². The van der Waals surface area contributed by atoms with Gasteiger partial charge >= 0.3 is 5.97 Å². The Labute approximate surface area is 78.1 Å². The average Bonchev–Trinajstić information content (AvgIpc) is 2.62. The molecule has 2 rings (SSSR count). The second-order valence-electron chi connectivity index (χ2n) is 4.34. The second-order valence-corrected chi connectivity index (χ2v) is 4.34. The summed E-state index contributed by atoms with van der Waals surface area (Å²) in [6, 6.07) is 0. The molecule has 3 heteroatoms. The Hall–Kier alpha value is -0.570. The van der Waals surface area contributed by atoms with E-state index in [1.54, 1.807) is 0 Å². The van der Waals surface area contributed by atoms with Crippen LogP contribution >= 0.6 is 0 Å². The minimum atomic E-state index is -0.115. The topological polar surface area (TPSA) is 46.5 Å². The summed E-state index contributed by atoms with van der Waals surface area (Å²) in [5, 5.41) is 9.31. The molecule has 1 N–H and O–H groups in total. The zero-order valence-corrected chi connectivity index (χ0v) is 8.06. The fourth-order valence-corrected chi connectivity index (χ4v) is 2.95. The third-order valence-electron chi connectivity index (χ3n) is 3.64. The van der Waals surface area contributed by atoms with Gasteiger partial charge in [-0.05, 0) is 30.6 Å². The molecule has 0 heterocycles. The van der Waals surface area contributed by atoms with E-state index < -0.39 is 0 Å². The lowest BCUT2D eigenvalue weighted by Gasteiger charge is -2.12. The lowest BCUT2D eigenvalue weighted by Crippen LogP contribution is -2.19. The fraction of sp³-hybridized carbons (Fsp3) is 0.900. The molecule has 0 aliphatic heterocycles. The second kappa shape index (κ2) is 2.98. The van der Waals surface area contributed by atoms with Crippen LogP contribution in [0.25, 0.3) is 0 Å². The van der Waals surface area contributed by atoms with E-state index in [-0.39, 0.29) is 18.0 Å². The number of rotatable bonds is 2. The Bertz CT molecular complexity index is 214. The number of fused-ring (bicyclic) bond motifs is 1. The Morgan fingerprint density at radius 2 is 2.00 bits per heavy atom. The molecule has 0 amide bonds. The summed E-state index contributed by atoms with van der Waals surface area (Å²) < 4.78 is 4.70. The quantitative estimate of drug-likeness (QED) is 0.646. The maximum absolute atomic E-state index is 11.2. The average molecular weight is 184 g/mol. The first-order valence-corrected chi connectivity index (χ1v) is 4.91. The highest BCUT2D eigenvalue weighted by Gasteiger charge is 2.59. The van der Waals surface area contributed by atoms with Gasteiger partial charge in [0.1, 0.15) is 0 Å². The van der Waals surface area contributed by atoms with Crippen LogP contribution < -0.4 is 0 Å². The number of aliphatic hydroxyl groups is 1. The number of carbonyl (C=O) groups is 1. The highest BCUT2D eigenvalue weighted by molar-refractivity contribution is 5.72. The van der Waals surface area contributed by atoms with E-state index >= 15 is 0 Å². The van der Waals surface area contributed by atoms with Crippen molar-refractivity contribution in [3.8, 4) is 0 Å². The van der Waals surface area contributed by atoms with Crippen LogP contribution in [0, 0.1) is 23.7 Å². The van der Waals surface area contributed by atoms with E-state index in [1.165, 1.54) is 7.11 Å². The van der Waals surface area contributed by atoms with Gasteiger partial charge in [0.15, 0.2) is 0 Å². The van der Waals surface area contributed by atoms with Crippen LogP contribution in [0.1, 0.15) is 19.8 Å². The summed E-state index contributed by atoms with van der Waals surface area (Å²) in [5.74, 6) is 1.57. The summed E-state index contributed by atoms with van der Waals surface area (Å²) in [6.45, 7) is 1.93. The minimum absolute atomic E-state index is 0.0208. The molecule has 0 aromatic carbocycles. The van der Waals surface area contributed by atoms with Gasteiger partial charge in [-0.15, -0.1) is 0 Å². The van der Waals surface area contributed by atoms with Crippen molar-refractivity contribution in [2.45, 2.75) is 25.9 Å². The van der Waals surface area contributed by atoms with Crippen LogP contribution in [-0.4, -0.2) is 24.3 Å². The normalized spacial score (nSPS) is 43.9. The maximum atomic E-state index is 11.2. The van der Waals surface area contributed by atoms with E-state index in [1.807, 2.05) is 6.92 Å². The van der Waals surface area contributed by atoms with Crippen molar-refractivity contribution in [1.29, 1.82) is 0 Å². The molecule has 0 spiro atoms. The van der Waals surface area contributed by atoms with Gasteiger partial charge < -0.3 is 9.84 Å². The van der Waals surface area contributed by atoms with Crippen LogP contribution in [0.2, 0.25) is 0 Å². The van der Waals surface area contributed by atoms with E-state index in [9.17, 15) is 9.90 Å². The van der Waals surface area contributed by atoms with Crippen molar-refractivity contribution in [3.63, 3.8) is 0 Å². The van der Waals surface area contributed by atoms with Gasteiger partial charge in [0.2, 0.25) is 0 Å². The van der Waals surface area contributed by atoms with E-state index in [0.29, 0.717) is 17.8 Å². The lowest BCUT2D eigenvalue weighted by atomic mass is 9.98. The standard InChI is InChI=1S/C10H16O3/c1-5(10(12)13-2)9-7-3-6(11)4-8(7)9/h5-9,11H,3-4H2,1-2H3/t5?,6-,7+,8-,9-. The number of ether oxygens (including phenoxy) is 1. The molecule has 0 bridgehead atoms. The predicted octanol–water partition coefficient (Wildman–Crippen LogP) is 0.812. The van der Waals surface area contributed by atoms with Gasteiger partial charge in [0.25, 0.3) is 0 Å². The number of hydrogen-bond acceptors (Lipinski definition) is 3. The minimum Gasteiger partial charge on any atom is -0.469 e. The van der Waals surface area contributed by atoms with Gasteiger partial charge in [-0.2, -0.15) is 0 Å². The molecule has 74 valence electrons. The van der Waals surface area contributed by atoms with Crippen molar-refractivity contribution in [3.05, 3.63) is 0 Å². The number of aliphatic hydroxyl groups excluding tert-OH is 1. The Kier molecular flexibility index (Phi) is 2.06. The van der Waals surface area contributed by atoms with Crippen molar-refractivity contribution in [2.75, 3.05) is 7.11 Å². The lowest BCUT2D eigenvalue weighted by molar-refractivity contribution is -0.146. The Morgan fingerprint density at radius 3 is 2.46 bits per heavy atom. The van der Waals surface area contributed by atoms with Crippen LogP contribution in [0.3, 0.4) is 0 Å². The van der Waals surface area contributed by atoms with Crippen LogP contribution in [0.15, 0.2) is 0 Å². The first-order valence-electron chi connectivity index (χ1n) is 4.91. The van der Waals surface area contributed by atoms with Gasteiger partial charge in [-0.3, -0.25) is 4.79 Å². The van der Waals surface area contributed by atoms with E-state index in [4.69, 9.17) is 4.74 Å². The predicted molar refractivity (Wildman–Crippen MR) is 46.9 cm³/mol. The zero-order chi connectivity index (χ0) is 9.59. The molecular weight excluding hydrogens is 168 g/mol. The van der Waals surface area contributed by atoms with E-state index in [0.717, 1.165) is 12.8 Å². The molecule has 0 aromatic heterocycles. The maximum Gasteiger partial charge on any atom is 0.308 e. The Morgan fingerprint density at radius 1 is 1.46 bits per heavy atom. The first kappa shape index (κ1) is 9.00. The smallest absolute Gasteiger partial charge is 0.308 e. The van der Waals surface area contributed by atoms with Gasteiger partial charge in [-0.25, -0.2) is 0 Å². The largest absolute Gasteiger partial charge is 0.469 e. The molecule has 2 aliphatic carbocycles. The monoisotopic (exact) mass is 184 g/mol. The van der Waals surface area contributed by atoms with Crippen molar-refractivity contribution < 1.29 is 14.6 Å². The zero-order valence-electron chi connectivity index (χ0n) is 8.06. The van der Waals surface area contributed by atoms with E-state index in [2.05, 4.69) is 0 Å². The molecule has 0 radical (unpaired) electrons. The molecule has 0 saturated heterocycles. The first-order chi connectivity index (χ1) is 6.15. The number of methoxy groups -OCH3 is 1. The molecule has 0 aromatic rings. The fourth-order valence-electron chi connectivity index (χ4n) is 2.95. The van der Waals surface area contributed by atoms with Crippen molar-refractivity contribution >= 4 is 5.97 Å². The molecule has 13 heavy (non-hydrogen) atoms. The van der Waals surface area contributed by atoms with Gasteiger partial charge in [0, 0.05) is 0 Å². The molecule has 5 atom stereocenters. The number of carbonyl (C=O) groups excluding carboxylic acids is 1. The summed E-state index contributed by atoms with van der Waals surface area (Å²) in [4.78, 5) is 11.2. The van der Waals surface area contributed by atoms with Gasteiger partial charge in [0.05, 0.1) is 19.1 Å². The number of esters is 1. The SMILES string of the molecule is COC(=O)C(C)[C@H]1[C@@H]2C[C@H](O)C[C@@H]21. The molecular formula is C10H16O3. The molecule has 2 saturated carbocycles. The molecule has 3 nitrogen and oxygen atoms in total. The summed E-state index contributed by atoms with van der Waals surface area (Å²) >= 11 is 0. The molecule has 2 aliphatic rings. The molecule has 2 fully saturated rings. The van der Waals surface area contributed by atoms with Crippen molar-refractivity contribution in [2.24, 2.45) is 23.7 Å². The van der Waals surface area contributed by atoms with Crippen LogP contribution in [-0.2, 0) is 9.53 Å². The summed E-state index contributed by atoms with van der Waals surface area (Å²) in [7, 11) is 1.44. The summed E-state index contributed by atoms with van der Waals surface area (Å²) in [5.41, 5.74) is 0. The Balaban J connectivity index is 1.90. The van der Waals surface area contributed by atoms with Crippen molar-refractivity contribution in [1.82, 2.24) is 0 Å². The summed E-state index contributed by atoms with van der Waals surface area (Å²) in [6.07, 6.45) is 1.66. The number of hydrogen-bond donors (Lipinski definition) is 1. The third kappa shape index (κ3) is 1.35. The van der Waals surface area contributed by atoms with Crippen LogP contribution in [0.4, 0.5) is 0 Å².